The molecule has 106 valence electrons. The van der Waals surface area contributed by atoms with Crippen molar-refractivity contribution in [1.29, 1.82) is 0 Å². The van der Waals surface area contributed by atoms with E-state index in [4.69, 9.17) is 4.98 Å². The van der Waals surface area contributed by atoms with Gasteiger partial charge in [0.1, 0.15) is 0 Å². The summed E-state index contributed by atoms with van der Waals surface area (Å²) in [5.74, 6) is 0.278. The zero-order valence-corrected chi connectivity index (χ0v) is 12.5. The summed E-state index contributed by atoms with van der Waals surface area (Å²) in [6.07, 6.45) is 2.60. The van der Waals surface area contributed by atoms with Gasteiger partial charge in [-0.1, -0.05) is 36.4 Å². The van der Waals surface area contributed by atoms with Crippen LogP contribution in [0.2, 0.25) is 0 Å². The SMILES string of the molecule is OC1c2ccccc2CCC1Cc1nc2ccccc2s1. The number of aliphatic hydroxyl groups is 1. The number of aliphatic hydroxyl groups excluding tert-OH is 1. The number of hydrogen-bond donors (Lipinski definition) is 1. The van der Waals surface area contributed by atoms with Gasteiger partial charge in [0.05, 0.1) is 21.3 Å². The lowest BCUT2D eigenvalue weighted by molar-refractivity contribution is 0.0936. The lowest BCUT2D eigenvalue weighted by atomic mass is 9.80. The molecule has 3 aromatic rings. The Balaban J connectivity index is 1.60. The van der Waals surface area contributed by atoms with Gasteiger partial charge in [0.15, 0.2) is 0 Å². The van der Waals surface area contributed by atoms with Crippen molar-refractivity contribution in [3.8, 4) is 0 Å². The number of aromatic nitrogens is 1. The predicted molar refractivity (Wildman–Crippen MR) is 86.5 cm³/mol. The average molecular weight is 295 g/mol. The van der Waals surface area contributed by atoms with Crippen molar-refractivity contribution in [2.24, 2.45) is 5.92 Å². The Morgan fingerprint density at radius 3 is 2.81 bits per heavy atom. The minimum Gasteiger partial charge on any atom is -0.388 e. The van der Waals surface area contributed by atoms with Crippen molar-refractivity contribution in [1.82, 2.24) is 4.98 Å². The third-order valence-electron chi connectivity index (χ3n) is 4.38. The second-order valence-electron chi connectivity index (χ2n) is 5.72. The van der Waals surface area contributed by atoms with Crippen molar-refractivity contribution in [3.05, 3.63) is 64.7 Å². The highest BCUT2D eigenvalue weighted by molar-refractivity contribution is 7.18. The molecular formula is C18H17NOS. The molecule has 1 aliphatic rings. The van der Waals surface area contributed by atoms with Crippen LogP contribution in [0.25, 0.3) is 10.2 Å². The van der Waals surface area contributed by atoms with E-state index in [1.165, 1.54) is 10.3 Å². The zero-order chi connectivity index (χ0) is 14.2. The first-order chi connectivity index (χ1) is 10.3. The summed E-state index contributed by atoms with van der Waals surface area (Å²) in [5.41, 5.74) is 3.48. The Labute approximate surface area is 128 Å². The van der Waals surface area contributed by atoms with E-state index in [0.29, 0.717) is 0 Å². The van der Waals surface area contributed by atoms with Gasteiger partial charge in [-0.15, -0.1) is 11.3 Å². The van der Waals surface area contributed by atoms with Gasteiger partial charge in [0.2, 0.25) is 0 Å². The second-order valence-corrected chi connectivity index (χ2v) is 6.84. The Morgan fingerprint density at radius 1 is 1.10 bits per heavy atom. The number of benzene rings is 2. The summed E-state index contributed by atoms with van der Waals surface area (Å²) >= 11 is 1.75. The summed E-state index contributed by atoms with van der Waals surface area (Å²) in [4.78, 5) is 4.70. The number of nitrogens with zero attached hydrogens (tertiary/aromatic N) is 1. The van der Waals surface area contributed by atoms with E-state index < -0.39 is 0 Å². The highest BCUT2D eigenvalue weighted by atomic mass is 32.1. The van der Waals surface area contributed by atoms with Crippen molar-refractivity contribution in [3.63, 3.8) is 0 Å². The van der Waals surface area contributed by atoms with E-state index in [1.54, 1.807) is 11.3 Å². The van der Waals surface area contributed by atoms with Crippen LogP contribution in [0.3, 0.4) is 0 Å². The fourth-order valence-electron chi connectivity index (χ4n) is 3.25. The molecule has 0 bridgehead atoms. The fraction of sp³-hybridized carbons (Fsp3) is 0.278. The standard InChI is InChI=1S/C18H17NOS/c20-18-13(10-9-12-5-1-2-6-14(12)18)11-17-19-15-7-3-4-8-16(15)21-17/h1-8,13,18,20H,9-11H2. The summed E-state index contributed by atoms with van der Waals surface area (Å²) in [6, 6.07) is 16.5. The highest BCUT2D eigenvalue weighted by Gasteiger charge is 2.28. The van der Waals surface area contributed by atoms with Crippen LogP contribution in [-0.4, -0.2) is 10.1 Å². The van der Waals surface area contributed by atoms with Gasteiger partial charge in [-0.3, -0.25) is 0 Å². The molecule has 2 unspecified atom stereocenters. The Bertz CT molecular complexity index is 746. The maximum Gasteiger partial charge on any atom is 0.0942 e. The maximum absolute atomic E-state index is 10.6. The molecule has 1 N–H and O–H groups in total. The number of rotatable bonds is 2. The van der Waals surface area contributed by atoms with Gasteiger partial charge < -0.3 is 5.11 Å². The van der Waals surface area contributed by atoms with E-state index >= 15 is 0 Å². The monoisotopic (exact) mass is 295 g/mol. The van der Waals surface area contributed by atoms with Gasteiger partial charge in [-0.25, -0.2) is 4.98 Å². The van der Waals surface area contributed by atoms with Crippen LogP contribution in [0.15, 0.2) is 48.5 Å². The molecular weight excluding hydrogens is 278 g/mol. The quantitative estimate of drug-likeness (QED) is 0.771. The molecule has 2 nitrogen and oxygen atoms in total. The highest BCUT2D eigenvalue weighted by Crippen LogP contribution is 2.37. The van der Waals surface area contributed by atoms with E-state index in [0.717, 1.165) is 35.4 Å². The van der Waals surface area contributed by atoms with Crippen LogP contribution < -0.4 is 0 Å². The van der Waals surface area contributed by atoms with E-state index in [2.05, 4.69) is 36.4 Å². The number of para-hydroxylation sites is 1. The lowest BCUT2D eigenvalue weighted by Gasteiger charge is -2.29. The molecule has 0 amide bonds. The van der Waals surface area contributed by atoms with Crippen LogP contribution in [0, 0.1) is 5.92 Å². The van der Waals surface area contributed by atoms with E-state index in [9.17, 15) is 5.11 Å². The van der Waals surface area contributed by atoms with Gasteiger partial charge in [-0.05, 0) is 42.0 Å². The zero-order valence-electron chi connectivity index (χ0n) is 11.7. The number of thiazole rings is 1. The summed E-state index contributed by atoms with van der Waals surface area (Å²) in [5, 5.41) is 11.8. The van der Waals surface area contributed by atoms with Gasteiger partial charge in [0.25, 0.3) is 0 Å². The van der Waals surface area contributed by atoms with Crippen molar-refractivity contribution >= 4 is 21.6 Å². The van der Waals surface area contributed by atoms with Crippen LogP contribution in [-0.2, 0) is 12.8 Å². The average Bonchev–Trinajstić information content (AvgIpc) is 2.93. The molecule has 0 radical (unpaired) electrons. The first kappa shape index (κ1) is 13.0. The summed E-state index contributed by atoms with van der Waals surface area (Å²) in [6.45, 7) is 0. The third kappa shape index (κ3) is 2.37. The first-order valence-corrected chi connectivity index (χ1v) is 8.23. The topological polar surface area (TPSA) is 33.1 Å². The molecule has 0 saturated carbocycles. The molecule has 1 aliphatic carbocycles. The molecule has 0 fully saturated rings. The minimum atomic E-state index is -0.359. The number of fused-ring (bicyclic) bond motifs is 2. The van der Waals surface area contributed by atoms with Crippen molar-refractivity contribution < 1.29 is 5.11 Å². The molecule has 1 heterocycles. The van der Waals surface area contributed by atoms with Gasteiger partial charge in [0, 0.05) is 6.42 Å². The second kappa shape index (κ2) is 5.24. The summed E-state index contributed by atoms with van der Waals surface area (Å²) < 4.78 is 1.23. The Kier molecular flexibility index (Phi) is 3.24. The van der Waals surface area contributed by atoms with Crippen LogP contribution >= 0.6 is 11.3 Å². The smallest absolute Gasteiger partial charge is 0.0942 e. The molecule has 21 heavy (non-hydrogen) atoms. The van der Waals surface area contributed by atoms with E-state index in [1.807, 2.05) is 12.1 Å². The van der Waals surface area contributed by atoms with Gasteiger partial charge >= 0.3 is 0 Å². The molecule has 1 aromatic heterocycles. The lowest BCUT2D eigenvalue weighted by Crippen LogP contribution is -2.22. The van der Waals surface area contributed by atoms with Gasteiger partial charge in [-0.2, -0.15) is 0 Å². The molecule has 0 aliphatic heterocycles. The number of hydrogen-bond acceptors (Lipinski definition) is 3. The molecule has 0 spiro atoms. The van der Waals surface area contributed by atoms with Crippen molar-refractivity contribution in [2.45, 2.75) is 25.4 Å². The Morgan fingerprint density at radius 2 is 1.90 bits per heavy atom. The van der Waals surface area contributed by atoms with Crippen LogP contribution in [0.5, 0.6) is 0 Å². The number of aryl methyl sites for hydroxylation is 1. The molecule has 2 atom stereocenters. The largest absolute Gasteiger partial charge is 0.388 e. The molecule has 3 heteroatoms. The summed E-state index contributed by atoms with van der Waals surface area (Å²) in [7, 11) is 0. The van der Waals surface area contributed by atoms with Crippen LogP contribution in [0.4, 0.5) is 0 Å². The van der Waals surface area contributed by atoms with Crippen molar-refractivity contribution in [2.75, 3.05) is 0 Å². The molecule has 4 rings (SSSR count). The normalized spacial score (nSPS) is 21.4. The molecule has 2 aromatic carbocycles. The maximum atomic E-state index is 10.6. The fourth-order valence-corrected chi connectivity index (χ4v) is 4.31. The minimum absolute atomic E-state index is 0.278. The van der Waals surface area contributed by atoms with E-state index in [-0.39, 0.29) is 12.0 Å². The third-order valence-corrected chi connectivity index (χ3v) is 5.44. The molecule has 0 saturated heterocycles. The predicted octanol–water partition coefficient (Wildman–Crippen LogP) is 4.13. The van der Waals surface area contributed by atoms with Crippen LogP contribution in [0.1, 0.15) is 28.7 Å². The first-order valence-electron chi connectivity index (χ1n) is 7.41. The Hall–Kier alpha value is -1.71.